The van der Waals surface area contributed by atoms with E-state index >= 15 is 0 Å². The number of hydrogen-bond acceptors (Lipinski definition) is 3. The van der Waals surface area contributed by atoms with E-state index in [1.165, 1.54) is 24.8 Å². The van der Waals surface area contributed by atoms with Crippen LogP contribution in [0.1, 0.15) is 85.1 Å². The number of nitrogens with zero attached hydrogens (tertiary/aromatic N) is 1. The molecular formula is C24H39NO2. The van der Waals surface area contributed by atoms with Crippen molar-refractivity contribution in [1.82, 2.24) is 5.06 Å². The lowest BCUT2D eigenvalue weighted by atomic mass is 9.63. The van der Waals surface area contributed by atoms with Crippen LogP contribution < -0.4 is 4.74 Å². The molecule has 1 saturated heterocycles. The summed E-state index contributed by atoms with van der Waals surface area (Å²) in [6.45, 7) is 14.3. The van der Waals surface area contributed by atoms with Crippen LogP contribution >= 0.6 is 0 Å². The minimum atomic E-state index is -0.0123. The topological polar surface area (TPSA) is 21.7 Å². The van der Waals surface area contributed by atoms with Gasteiger partial charge in [0.15, 0.2) is 0 Å². The van der Waals surface area contributed by atoms with Crippen molar-refractivity contribution in [3.05, 3.63) is 29.8 Å². The predicted octanol–water partition coefficient (Wildman–Crippen LogP) is 6.19. The van der Waals surface area contributed by atoms with Gasteiger partial charge in [0, 0.05) is 18.0 Å². The van der Waals surface area contributed by atoms with E-state index in [2.05, 4.69) is 70.9 Å². The van der Waals surface area contributed by atoms with Crippen molar-refractivity contribution in [3.63, 3.8) is 0 Å². The molecule has 1 aromatic carbocycles. The van der Waals surface area contributed by atoms with Crippen LogP contribution in [0.25, 0.3) is 0 Å². The molecule has 0 radical (unpaired) electrons. The predicted molar refractivity (Wildman–Crippen MR) is 112 cm³/mol. The molecule has 4 atom stereocenters. The molecule has 1 aromatic rings. The molecule has 27 heavy (non-hydrogen) atoms. The first-order valence-electron chi connectivity index (χ1n) is 11.2. The minimum Gasteiger partial charge on any atom is -0.494 e. The molecule has 2 aliphatic rings. The second-order valence-electron chi connectivity index (χ2n) is 8.72. The van der Waals surface area contributed by atoms with Crippen molar-refractivity contribution in [3.8, 4) is 5.75 Å². The van der Waals surface area contributed by atoms with Crippen LogP contribution in [0, 0.1) is 11.8 Å². The maximum absolute atomic E-state index is 6.75. The SMILES string of the molecule is CCOc1ccccc1[C@@H]1C[C@H](CC)[C@@H]2[C@@H](C1)C(CC)(CC)ON2C(C)C. The fourth-order valence-electron chi connectivity index (χ4n) is 5.75. The van der Waals surface area contributed by atoms with Crippen LogP contribution in [0.3, 0.4) is 0 Å². The molecule has 0 unspecified atom stereocenters. The number of hydrogen-bond donors (Lipinski definition) is 0. The van der Waals surface area contributed by atoms with Crippen molar-refractivity contribution in [2.75, 3.05) is 6.61 Å². The van der Waals surface area contributed by atoms with Gasteiger partial charge in [0.25, 0.3) is 0 Å². The molecule has 0 N–H and O–H groups in total. The molecule has 0 amide bonds. The molecule has 1 aliphatic carbocycles. The first-order chi connectivity index (χ1) is 13.0. The molecule has 0 aromatic heterocycles. The Balaban J connectivity index is 1.98. The smallest absolute Gasteiger partial charge is 0.122 e. The van der Waals surface area contributed by atoms with Crippen LogP contribution in [0.15, 0.2) is 24.3 Å². The Morgan fingerprint density at radius 2 is 1.81 bits per heavy atom. The van der Waals surface area contributed by atoms with Crippen molar-refractivity contribution in [2.45, 2.75) is 97.2 Å². The van der Waals surface area contributed by atoms with Gasteiger partial charge in [-0.15, -0.1) is 0 Å². The normalized spacial score (nSPS) is 30.5. The quantitative estimate of drug-likeness (QED) is 0.569. The molecule has 0 spiro atoms. The Morgan fingerprint density at radius 3 is 2.41 bits per heavy atom. The largest absolute Gasteiger partial charge is 0.494 e. The molecule has 3 nitrogen and oxygen atoms in total. The molecule has 3 rings (SSSR count). The zero-order valence-electron chi connectivity index (χ0n) is 18.2. The van der Waals surface area contributed by atoms with E-state index in [0.717, 1.165) is 25.2 Å². The first kappa shape index (κ1) is 20.7. The third kappa shape index (κ3) is 3.65. The number of hydroxylamine groups is 2. The monoisotopic (exact) mass is 373 g/mol. The Hall–Kier alpha value is -1.06. The second-order valence-corrected chi connectivity index (χ2v) is 8.72. The number of ether oxygens (including phenoxy) is 1. The molecule has 2 fully saturated rings. The average molecular weight is 374 g/mol. The summed E-state index contributed by atoms with van der Waals surface area (Å²) in [7, 11) is 0. The van der Waals surface area contributed by atoms with Crippen LogP contribution in [0.4, 0.5) is 0 Å². The van der Waals surface area contributed by atoms with Gasteiger partial charge in [-0.25, -0.2) is 0 Å². The summed E-state index contributed by atoms with van der Waals surface area (Å²) in [5.41, 5.74) is 1.39. The maximum atomic E-state index is 6.75. The van der Waals surface area contributed by atoms with Crippen LogP contribution in [0.5, 0.6) is 5.75 Å². The van der Waals surface area contributed by atoms with Crippen molar-refractivity contribution in [2.24, 2.45) is 11.8 Å². The number of benzene rings is 1. The third-order valence-electron chi connectivity index (χ3n) is 7.17. The molecule has 0 bridgehead atoms. The zero-order chi connectivity index (χ0) is 19.6. The van der Waals surface area contributed by atoms with Crippen molar-refractivity contribution >= 4 is 0 Å². The number of rotatable bonds is 7. The van der Waals surface area contributed by atoms with E-state index in [1.807, 2.05) is 0 Å². The van der Waals surface area contributed by atoms with Gasteiger partial charge in [0.05, 0.1) is 12.2 Å². The second kappa shape index (κ2) is 8.53. The summed E-state index contributed by atoms with van der Waals surface area (Å²) in [5.74, 6) is 2.91. The minimum absolute atomic E-state index is 0.0123. The Morgan fingerprint density at radius 1 is 1.11 bits per heavy atom. The summed E-state index contributed by atoms with van der Waals surface area (Å²) >= 11 is 0. The molecule has 1 aliphatic heterocycles. The van der Waals surface area contributed by atoms with Gasteiger partial charge in [0.2, 0.25) is 0 Å². The van der Waals surface area contributed by atoms with Gasteiger partial charge in [-0.05, 0) is 69.9 Å². The van der Waals surface area contributed by atoms with Gasteiger partial charge < -0.3 is 4.74 Å². The highest BCUT2D eigenvalue weighted by Gasteiger charge is 2.57. The summed E-state index contributed by atoms with van der Waals surface area (Å²) < 4.78 is 5.99. The summed E-state index contributed by atoms with van der Waals surface area (Å²) in [6, 6.07) is 9.68. The van der Waals surface area contributed by atoms with Crippen LogP contribution in [-0.2, 0) is 4.84 Å². The summed E-state index contributed by atoms with van der Waals surface area (Å²) in [5, 5.41) is 2.37. The Kier molecular flexibility index (Phi) is 6.53. The molecule has 1 heterocycles. The van der Waals surface area contributed by atoms with E-state index in [9.17, 15) is 0 Å². The van der Waals surface area contributed by atoms with Gasteiger partial charge in [0.1, 0.15) is 5.75 Å². The first-order valence-corrected chi connectivity index (χ1v) is 11.2. The lowest BCUT2D eigenvalue weighted by Gasteiger charge is -2.43. The standard InChI is InChI=1S/C24H39NO2/c1-7-18-15-19(20-13-11-12-14-22(20)26-10-4)16-21-23(18)25(17(5)6)27-24(21,8-2)9-3/h11-14,17-19,21,23H,7-10,15-16H2,1-6H3/t18-,19+,21+,23+/m0/s1. The fourth-order valence-corrected chi connectivity index (χ4v) is 5.75. The van der Waals surface area contributed by atoms with Gasteiger partial charge in [-0.3, -0.25) is 4.84 Å². The van der Waals surface area contributed by atoms with Gasteiger partial charge in [-0.2, -0.15) is 5.06 Å². The van der Waals surface area contributed by atoms with E-state index in [-0.39, 0.29) is 5.60 Å². The highest BCUT2D eigenvalue weighted by atomic mass is 16.7. The summed E-state index contributed by atoms with van der Waals surface area (Å²) in [6.07, 6.45) is 5.83. The average Bonchev–Trinajstić information content (AvgIpc) is 3.03. The van der Waals surface area contributed by atoms with E-state index < -0.39 is 0 Å². The van der Waals surface area contributed by atoms with E-state index in [4.69, 9.17) is 9.57 Å². The molecule has 1 saturated carbocycles. The maximum Gasteiger partial charge on any atom is 0.122 e. The lowest BCUT2D eigenvalue weighted by molar-refractivity contribution is -0.228. The van der Waals surface area contributed by atoms with E-state index in [1.54, 1.807) is 0 Å². The van der Waals surface area contributed by atoms with Crippen LogP contribution in [-0.4, -0.2) is 29.4 Å². The van der Waals surface area contributed by atoms with Crippen molar-refractivity contribution < 1.29 is 9.57 Å². The lowest BCUT2D eigenvalue weighted by Crippen LogP contribution is -2.47. The van der Waals surface area contributed by atoms with Crippen LogP contribution in [0.2, 0.25) is 0 Å². The fraction of sp³-hybridized carbons (Fsp3) is 0.750. The van der Waals surface area contributed by atoms with Gasteiger partial charge >= 0.3 is 0 Å². The number of fused-ring (bicyclic) bond motifs is 1. The van der Waals surface area contributed by atoms with E-state index in [0.29, 0.717) is 29.8 Å². The van der Waals surface area contributed by atoms with Crippen molar-refractivity contribution in [1.29, 1.82) is 0 Å². The number of para-hydroxylation sites is 1. The third-order valence-corrected chi connectivity index (χ3v) is 7.17. The highest BCUT2D eigenvalue weighted by molar-refractivity contribution is 5.37. The molecule has 3 heteroatoms. The molecular weight excluding hydrogens is 334 g/mol. The van der Waals surface area contributed by atoms with Gasteiger partial charge in [-0.1, -0.05) is 45.4 Å². The summed E-state index contributed by atoms with van der Waals surface area (Å²) in [4.78, 5) is 6.75. The Labute approximate surface area is 166 Å². The zero-order valence-corrected chi connectivity index (χ0v) is 18.2. The molecule has 152 valence electrons. The Bertz CT molecular complexity index is 610. The highest BCUT2D eigenvalue weighted by Crippen LogP contribution is 2.55.